The third kappa shape index (κ3) is 3.54. The molecule has 1 aromatic carbocycles. The summed E-state index contributed by atoms with van der Waals surface area (Å²) in [6.45, 7) is 0.366. The van der Waals surface area contributed by atoms with Crippen molar-refractivity contribution in [3.63, 3.8) is 0 Å². The molecule has 0 saturated carbocycles. The van der Waals surface area contributed by atoms with E-state index in [2.05, 4.69) is 25.4 Å². The van der Waals surface area contributed by atoms with E-state index < -0.39 is 11.9 Å². The van der Waals surface area contributed by atoms with E-state index in [9.17, 15) is 14.4 Å². The molecule has 0 spiro atoms. The van der Waals surface area contributed by atoms with Gasteiger partial charge in [-0.05, 0) is 23.8 Å². The molecule has 0 bridgehead atoms. The molecule has 116 valence electrons. The Morgan fingerprint density at radius 3 is 2.73 bits per heavy atom. The second kappa shape index (κ2) is 6.61. The maximum Gasteiger partial charge on any atom is 0.354 e. The molecule has 0 atom stereocenters. The molecule has 1 aromatic rings. The zero-order valence-corrected chi connectivity index (χ0v) is 12.1. The van der Waals surface area contributed by atoms with Gasteiger partial charge in [0.25, 0.3) is 0 Å². The van der Waals surface area contributed by atoms with Crippen LogP contribution in [0.3, 0.4) is 0 Å². The van der Waals surface area contributed by atoms with E-state index in [1.807, 2.05) is 0 Å². The number of anilines is 2. The van der Waals surface area contributed by atoms with E-state index in [1.165, 1.54) is 14.2 Å². The van der Waals surface area contributed by atoms with Gasteiger partial charge in [0.05, 0.1) is 20.3 Å². The van der Waals surface area contributed by atoms with Gasteiger partial charge in [0.2, 0.25) is 0 Å². The van der Waals surface area contributed by atoms with E-state index in [0.717, 1.165) is 11.6 Å². The molecule has 22 heavy (non-hydrogen) atoms. The van der Waals surface area contributed by atoms with Gasteiger partial charge in [-0.2, -0.15) is 0 Å². The monoisotopic (exact) mass is 305 g/mol. The lowest BCUT2D eigenvalue weighted by atomic mass is 10.1. The average molecular weight is 305 g/mol. The van der Waals surface area contributed by atoms with Crippen LogP contribution < -0.4 is 16.0 Å². The van der Waals surface area contributed by atoms with Crippen LogP contribution in [-0.4, -0.2) is 32.2 Å². The van der Waals surface area contributed by atoms with Gasteiger partial charge < -0.3 is 25.4 Å². The number of hydrogen-bond acceptors (Lipinski definition) is 6. The summed E-state index contributed by atoms with van der Waals surface area (Å²) in [5, 5.41) is 8.09. The van der Waals surface area contributed by atoms with Crippen LogP contribution in [0.4, 0.5) is 16.2 Å². The van der Waals surface area contributed by atoms with Crippen LogP contribution in [0.15, 0.2) is 30.0 Å². The van der Waals surface area contributed by atoms with Crippen LogP contribution >= 0.6 is 0 Å². The van der Waals surface area contributed by atoms with E-state index >= 15 is 0 Å². The largest absolute Gasteiger partial charge is 0.466 e. The van der Waals surface area contributed by atoms with Gasteiger partial charge >= 0.3 is 18.0 Å². The minimum Gasteiger partial charge on any atom is -0.466 e. The first-order valence-corrected chi connectivity index (χ1v) is 6.36. The maximum atomic E-state index is 11.7. The SMILES string of the molecule is COC(=O)/C=C(/Nc1ccc2c(c1)CNC(=O)N2)C(=O)OC. The Hall–Kier alpha value is -3.03. The molecule has 1 aliphatic rings. The quantitative estimate of drug-likeness (QED) is 0.565. The number of carbonyl (C=O) groups excluding carboxylic acids is 3. The molecule has 1 heterocycles. The van der Waals surface area contributed by atoms with Crippen LogP contribution in [0, 0.1) is 0 Å². The van der Waals surface area contributed by atoms with Crippen molar-refractivity contribution in [1.82, 2.24) is 5.32 Å². The first kappa shape index (κ1) is 15.4. The number of hydrogen-bond donors (Lipinski definition) is 3. The van der Waals surface area contributed by atoms with E-state index in [-0.39, 0.29) is 11.7 Å². The zero-order valence-electron chi connectivity index (χ0n) is 12.1. The first-order valence-electron chi connectivity index (χ1n) is 6.36. The van der Waals surface area contributed by atoms with Gasteiger partial charge in [-0.1, -0.05) is 0 Å². The number of methoxy groups -OCH3 is 2. The van der Waals surface area contributed by atoms with E-state index in [0.29, 0.717) is 17.9 Å². The Morgan fingerprint density at radius 2 is 2.05 bits per heavy atom. The minimum atomic E-state index is -0.699. The molecule has 2 rings (SSSR count). The molecule has 2 amide bonds. The highest BCUT2D eigenvalue weighted by molar-refractivity contribution is 5.99. The number of urea groups is 1. The fourth-order valence-electron chi connectivity index (χ4n) is 1.87. The van der Waals surface area contributed by atoms with Gasteiger partial charge in [0.1, 0.15) is 5.70 Å². The second-order valence-corrected chi connectivity index (χ2v) is 4.38. The number of nitrogens with one attached hydrogen (secondary N) is 3. The third-order valence-electron chi connectivity index (χ3n) is 2.94. The van der Waals surface area contributed by atoms with Crippen LogP contribution in [0.1, 0.15) is 5.56 Å². The normalized spacial score (nSPS) is 13.4. The molecule has 8 nitrogen and oxygen atoms in total. The minimum absolute atomic E-state index is 0.0536. The van der Waals surface area contributed by atoms with Crippen molar-refractivity contribution in [2.24, 2.45) is 0 Å². The highest BCUT2D eigenvalue weighted by Crippen LogP contribution is 2.23. The summed E-state index contributed by atoms with van der Waals surface area (Å²) in [5.41, 5.74) is 2.04. The Balaban J connectivity index is 2.23. The molecule has 3 N–H and O–H groups in total. The third-order valence-corrected chi connectivity index (χ3v) is 2.94. The Labute approximate surface area is 126 Å². The zero-order chi connectivity index (χ0) is 16.1. The van der Waals surface area contributed by atoms with Crippen LogP contribution in [0.2, 0.25) is 0 Å². The number of ether oxygens (including phenoxy) is 2. The molecular weight excluding hydrogens is 290 g/mol. The summed E-state index contributed by atoms with van der Waals surface area (Å²) in [5.74, 6) is -1.38. The second-order valence-electron chi connectivity index (χ2n) is 4.38. The molecule has 0 fully saturated rings. The lowest BCUT2D eigenvalue weighted by Gasteiger charge is -2.19. The summed E-state index contributed by atoms with van der Waals surface area (Å²) in [6, 6.07) is 4.84. The van der Waals surface area contributed by atoms with Gasteiger partial charge in [0.15, 0.2) is 0 Å². The van der Waals surface area contributed by atoms with Crippen molar-refractivity contribution < 1.29 is 23.9 Å². The average Bonchev–Trinajstić information content (AvgIpc) is 2.53. The van der Waals surface area contributed by atoms with Crippen molar-refractivity contribution >= 4 is 29.3 Å². The number of benzene rings is 1. The van der Waals surface area contributed by atoms with Crippen molar-refractivity contribution in [2.75, 3.05) is 24.9 Å². The molecule has 8 heteroatoms. The number of esters is 2. The summed E-state index contributed by atoms with van der Waals surface area (Å²) < 4.78 is 9.10. The maximum absolute atomic E-state index is 11.7. The number of fused-ring (bicyclic) bond motifs is 1. The fourth-order valence-corrected chi connectivity index (χ4v) is 1.87. The molecule has 0 unspecified atom stereocenters. The van der Waals surface area contributed by atoms with Crippen molar-refractivity contribution in [3.05, 3.63) is 35.5 Å². The Bertz CT molecular complexity index is 654. The summed E-state index contributed by atoms with van der Waals surface area (Å²) >= 11 is 0. The Morgan fingerprint density at radius 1 is 1.27 bits per heavy atom. The van der Waals surface area contributed by atoms with Crippen LogP contribution in [-0.2, 0) is 25.6 Å². The number of rotatable bonds is 4. The molecule has 0 aromatic heterocycles. The molecule has 0 radical (unpaired) electrons. The van der Waals surface area contributed by atoms with Crippen molar-refractivity contribution in [2.45, 2.75) is 6.54 Å². The molecule has 0 aliphatic carbocycles. The van der Waals surface area contributed by atoms with Gasteiger partial charge in [-0.25, -0.2) is 14.4 Å². The van der Waals surface area contributed by atoms with Gasteiger partial charge in [-0.15, -0.1) is 0 Å². The summed E-state index contributed by atoms with van der Waals surface area (Å²) in [6.07, 6.45) is 1.01. The van der Waals surface area contributed by atoms with Gasteiger partial charge in [0, 0.05) is 17.9 Å². The van der Waals surface area contributed by atoms with Crippen molar-refractivity contribution in [1.29, 1.82) is 0 Å². The standard InChI is InChI=1S/C14H15N3O5/c1-21-12(18)6-11(13(19)22-2)16-9-3-4-10-8(5-9)7-15-14(20)17-10/h3-6,16H,7H2,1-2H3,(H2,15,17,20)/b11-6+. The van der Waals surface area contributed by atoms with Crippen LogP contribution in [0.25, 0.3) is 0 Å². The number of carbonyl (C=O) groups is 3. The van der Waals surface area contributed by atoms with E-state index in [1.54, 1.807) is 18.2 Å². The summed E-state index contributed by atoms with van der Waals surface area (Å²) in [4.78, 5) is 34.2. The highest BCUT2D eigenvalue weighted by Gasteiger charge is 2.16. The van der Waals surface area contributed by atoms with Crippen LogP contribution in [0.5, 0.6) is 0 Å². The predicted octanol–water partition coefficient (Wildman–Crippen LogP) is 0.963. The van der Waals surface area contributed by atoms with Gasteiger partial charge in [-0.3, -0.25) is 0 Å². The number of amides is 2. The first-order chi connectivity index (χ1) is 10.5. The molecular formula is C14H15N3O5. The Kier molecular flexibility index (Phi) is 4.62. The lowest BCUT2D eigenvalue weighted by Crippen LogP contribution is -2.33. The van der Waals surface area contributed by atoms with E-state index in [4.69, 9.17) is 0 Å². The molecule has 1 aliphatic heterocycles. The smallest absolute Gasteiger partial charge is 0.354 e. The topological polar surface area (TPSA) is 106 Å². The lowest BCUT2D eigenvalue weighted by molar-refractivity contribution is -0.138. The van der Waals surface area contributed by atoms with Crippen molar-refractivity contribution in [3.8, 4) is 0 Å². The predicted molar refractivity (Wildman–Crippen MR) is 78.0 cm³/mol. The molecule has 0 saturated heterocycles. The summed E-state index contributed by atoms with van der Waals surface area (Å²) in [7, 11) is 2.42. The fraction of sp³-hybridized carbons (Fsp3) is 0.214. The highest BCUT2D eigenvalue weighted by atomic mass is 16.5.